The van der Waals surface area contributed by atoms with Gasteiger partial charge in [-0.25, -0.2) is 8.78 Å². The second-order valence-electron chi connectivity index (χ2n) is 4.46. The Morgan fingerprint density at radius 1 is 1.06 bits per heavy atom. The van der Waals surface area contributed by atoms with Gasteiger partial charge in [-0.15, -0.1) is 0 Å². The van der Waals surface area contributed by atoms with Crippen molar-refractivity contribution in [2.45, 2.75) is 6.92 Å². The van der Waals surface area contributed by atoms with E-state index in [-0.39, 0.29) is 11.6 Å². The Morgan fingerprint density at radius 3 is 2.39 bits per heavy atom. The molecule has 3 rings (SSSR count). The van der Waals surface area contributed by atoms with Gasteiger partial charge in [-0.2, -0.15) is 0 Å². The minimum Gasteiger partial charge on any atom is -0.398 e. The normalized spacial score (nSPS) is 15.3. The minimum atomic E-state index is -0.313. The Bertz CT molecular complexity index is 670. The molecule has 0 spiro atoms. The predicted octanol–water partition coefficient (Wildman–Crippen LogP) is 3.46. The van der Waals surface area contributed by atoms with Gasteiger partial charge in [0.1, 0.15) is 11.6 Å². The fraction of sp³-hybridized carbons (Fsp3) is 0.0667. The Morgan fingerprint density at radius 2 is 1.72 bits per heavy atom. The number of fused-ring (bicyclic) bond motifs is 1. The molecule has 0 saturated heterocycles. The van der Waals surface area contributed by atoms with Crippen molar-refractivity contribution >= 4 is 11.3 Å². The van der Waals surface area contributed by atoms with Crippen LogP contribution in [0.25, 0.3) is 11.3 Å². The summed E-state index contributed by atoms with van der Waals surface area (Å²) in [6, 6.07) is 9.28. The number of benzene rings is 2. The van der Waals surface area contributed by atoms with Crippen LogP contribution in [0.2, 0.25) is 0 Å². The second kappa shape index (κ2) is 3.67. The number of hydrogen-bond donors (Lipinski definition) is 1. The van der Waals surface area contributed by atoms with Crippen molar-refractivity contribution in [3.05, 3.63) is 70.3 Å². The average molecular weight is 243 g/mol. The first-order valence-electron chi connectivity index (χ1n) is 5.64. The fourth-order valence-corrected chi connectivity index (χ4v) is 2.19. The molecule has 0 bridgehead atoms. The molecule has 1 aliphatic rings. The Hall–Kier alpha value is -2.16. The maximum absolute atomic E-state index is 13.7. The summed E-state index contributed by atoms with van der Waals surface area (Å²) in [5.41, 5.74) is 10.3. The second-order valence-corrected chi connectivity index (χ2v) is 4.46. The zero-order chi connectivity index (χ0) is 12.9. The lowest BCUT2D eigenvalue weighted by Crippen LogP contribution is -1.96. The topological polar surface area (TPSA) is 26.0 Å². The van der Waals surface area contributed by atoms with Gasteiger partial charge in [0.2, 0.25) is 0 Å². The fourth-order valence-electron chi connectivity index (χ4n) is 2.19. The Kier molecular flexibility index (Phi) is 2.23. The van der Waals surface area contributed by atoms with Crippen molar-refractivity contribution in [2.75, 3.05) is 0 Å². The highest BCUT2D eigenvalue weighted by Gasteiger charge is 2.32. The maximum Gasteiger partial charge on any atom is 0.132 e. The summed E-state index contributed by atoms with van der Waals surface area (Å²) in [6.07, 6.45) is 0. The zero-order valence-corrected chi connectivity index (χ0v) is 9.80. The summed E-state index contributed by atoms with van der Waals surface area (Å²) >= 11 is 0. The number of aryl methyl sites for hydroxylation is 1. The van der Waals surface area contributed by atoms with Crippen molar-refractivity contribution < 1.29 is 8.78 Å². The van der Waals surface area contributed by atoms with Crippen LogP contribution in [0.3, 0.4) is 0 Å². The average Bonchev–Trinajstić information content (AvgIpc) is 3.03. The molecule has 0 amide bonds. The third-order valence-corrected chi connectivity index (χ3v) is 3.12. The van der Waals surface area contributed by atoms with E-state index in [1.54, 1.807) is 12.1 Å². The lowest BCUT2D eigenvalue weighted by molar-refractivity contribution is 0.627. The summed E-state index contributed by atoms with van der Waals surface area (Å²) in [7, 11) is 0. The molecule has 0 fully saturated rings. The first kappa shape index (κ1) is 11.0. The van der Waals surface area contributed by atoms with E-state index in [9.17, 15) is 8.78 Å². The molecule has 1 nitrogen and oxygen atoms in total. The zero-order valence-electron chi connectivity index (χ0n) is 9.80. The van der Waals surface area contributed by atoms with Crippen LogP contribution < -0.4 is 5.73 Å². The summed E-state index contributed by atoms with van der Waals surface area (Å²) in [5.74, 6) is -0.558. The highest BCUT2D eigenvalue weighted by atomic mass is 19.1. The largest absolute Gasteiger partial charge is 0.398 e. The van der Waals surface area contributed by atoms with Gasteiger partial charge >= 0.3 is 0 Å². The third-order valence-electron chi connectivity index (χ3n) is 3.12. The van der Waals surface area contributed by atoms with Gasteiger partial charge in [0.15, 0.2) is 0 Å². The number of halogens is 2. The van der Waals surface area contributed by atoms with Crippen LogP contribution >= 0.6 is 0 Å². The number of rotatable bonds is 1. The molecular formula is C15H11F2N. The van der Waals surface area contributed by atoms with Gasteiger partial charge in [0, 0.05) is 16.8 Å². The van der Waals surface area contributed by atoms with Crippen LogP contribution in [0.4, 0.5) is 8.78 Å². The van der Waals surface area contributed by atoms with Gasteiger partial charge < -0.3 is 5.73 Å². The molecule has 0 unspecified atom stereocenters. The van der Waals surface area contributed by atoms with E-state index in [2.05, 4.69) is 0 Å². The summed E-state index contributed by atoms with van der Waals surface area (Å²) < 4.78 is 26.5. The lowest BCUT2D eigenvalue weighted by atomic mass is 10.1. The van der Waals surface area contributed by atoms with Crippen LogP contribution in [0.15, 0.2) is 36.4 Å². The molecule has 2 aromatic carbocycles. The molecule has 2 aromatic rings. The molecule has 18 heavy (non-hydrogen) atoms. The standard InChI is InChI=1S/C15H11F2N/c1-8-6-11-13(12(17)7-8)14(11)15(18)9-2-4-10(16)5-3-9/h2-7H,18H2,1H3/b15-14-. The SMILES string of the molecule is Cc1cc(F)c2c(c1)/C2=C(/N)c1ccc(F)cc1. The van der Waals surface area contributed by atoms with Crippen LogP contribution in [0.1, 0.15) is 22.3 Å². The molecular weight excluding hydrogens is 232 g/mol. The quantitative estimate of drug-likeness (QED) is 0.696. The van der Waals surface area contributed by atoms with Gasteiger partial charge in [0.05, 0.1) is 0 Å². The van der Waals surface area contributed by atoms with Crippen LogP contribution in [-0.2, 0) is 0 Å². The van der Waals surface area contributed by atoms with Crippen molar-refractivity contribution in [3.8, 4) is 0 Å². The van der Waals surface area contributed by atoms with Gasteiger partial charge in [-0.3, -0.25) is 0 Å². The molecule has 90 valence electrons. The summed E-state index contributed by atoms with van der Waals surface area (Å²) in [6.45, 7) is 1.84. The number of hydrogen-bond acceptors (Lipinski definition) is 1. The predicted molar refractivity (Wildman–Crippen MR) is 67.6 cm³/mol. The van der Waals surface area contributed by atoms with Crippen molar-refractivity contribution in [1.29, 1.82) is 0 Å². The minimum absolute atomic E-state index is 0.245. The molecule has 0 aromatic heterocycles. The molecule has 0 saturated carbocycles. The monoisotopic (exact) mass is 243 g/mol. The highest BCUT2D eigenvalue weighted by molar-refractivity contribution is 6.12. The van der Waals surface area contributed by atoms with Crippen LogP contribution in [0, 0.1) is 18.6 Å². The number of nitrogens with two attached hydrogens (primary N) is 1. The smallest absolute Gasteiger partial charge is 0.132 e. The Labute approximate surface area is 104 Å². The maximum atomic E-state index is 13.7. The highest BCUT2D eigenvalue weighted by Crippen LogP contribution is 2.47. The van der Waals surface area contributed by atoms with E-state index < -0.39 is 0 Å². The van der Waals surface area contributed by atoms with E-state index in [0.717, 1.165) is 16.7 Å². The van der Waals surface area contributed by atoms with Gasteiger partial charge in [-0.05, 0) is 53.9 Å². The molecule has 1 aliphatic carbocycles. The molecule has 0 heterocycles. The van der Waals surface area contributed by atoms with Crippen LogP contribution in [-0.4, -0.2) is 0 Å². The third kappa shape index (κ3) is 1.59. The van der Waals surface area contributed by atoms with Gasteiger partial charge in [0.25, 0.3) is 0 Å². The molecule has 3 heteroatoms. The molecule has 0 radical (unpaired) electrons. The molecule has 0 aliphatic heterocycles. The van der Waals surface area contributed by atoms with E-state index in [4.69, 9.17) is 5.73 Å². The van der Waals surface area contributed by atoms with Crippen LogP contribution in [0.5, 0.6) is 0 Å². The first-order chi connectivity index (χ1) is 8.58. The van der Waals surface area contributed by atoms with E-state index >= 15 is 0 Å². The van der Waals surface area contributed by atoms with E-state index in [1.165, 1.54) is 18.2 Å². The van der Waals surface area contributed by atoms with Crippen molar-refractivity contribution in [1.82, 2.24) is 0 Å². The van der Waals surface area contributed by atoms with Gasteiger partial charge in [-0.1, -0.05) is 6.07 Å². The van der Waals surface area contributed by atoms with Crippen molar-refractivity contribution in [3.63, 3.8) is 0 Å². The Balaban J connectivity index is 2.09. The summed E-state index contributed by atoms with van der Waals surface area (Å²) in [4.78, 5) is 0. The van der Waals surface area contributed by atoms with E-state index in [0.29, 0.717) is 16.8 Å². The van der Waals surface area contributed by atoms with E-state index in [1.807, 2.05) is 13.0 Å². The van der Waals surface area contributed by atoms with Crippen molar-refractivity contribution in [2.24, 2.45) is 5.73 Å². The summed E-state index contributed by atoms with van der Waals surface area (Å²) in [5, 5.41) is 0. The molecule has 2 N–H and O–H groups in total. The molecule has 0 atom stereocenters. The first-order valence-corrected chi connectivity index (χ1v) is 5.64. The lowest BCUT2D eigenvalue weighted by Gasteiger charge is -2.00.